The number of methoxy groups -OCH3 is 1. The molecule has 2 rings (SSSR count). The second kappa shape index (κ2) is 9.63. The molecule has 8 heteroatoms. The molecule has 0 aromatic heterocycles. The third-order valence-corrected chi connectivity index (χ3v) is 4.53. The van der Waals surface area contributed by atoms with Crippen LogP contribution in [0.1, 0.15) is 34.1 Å². The minimum absolute atomic E-state index is 0.326. The van der Waals surface area contributed by atoms with Crippen molar-refractivity contribution in [3.05, 3.63) is 56.1 Å². The van der Waals surface area contributed by atoms with E-state index in [-0.39, 0.29) is 0 Å². The van der Waals surface area contributed by atoms with Crippen LogP contribution < -0.4 is 20.3 Å². The van der Waals surface area contributed by atoms with Crippen molar-refractivity contribution >= 4 is 46.0 Å². The number of ether oxygens (including phenoxy) is 2. The Kier molecular flexibility index (Phi) is 7.52. The Morgan fingerprint density at radius 2 is 1.81 bits per heavy atom. The van der Waals surface area contributed by atoms with Crippen LogP contribution in [0.4, 0.5) is 0 Å². The van der Waals surface area contributed by atoms with Gasteiger partial charge in [0.25, 0.3) is 11.8 Å². The van der Waals surface area contributed by atoms with Crippen molar-refractivity contribution in [3.63, 3.8) is 0 Å². The summed E-state index contributed by atoms with van der Waals surface area (Å²) >= 11 is 7.93. The van der Waals surface area contributed by atoms with E-state index in [2.05, 4.69) is 10.9 Å². The average molecular weight is 489 g/mol. The fourth-order valence-corrected chi connectivity index (χ4v) is 2.82. The van der Waals surface area contributed by atoms with Gasteiger partial charge in [-0.25, -0.2) is 0 Å². The first-order valence-electron chi connectivity index (χ1n) is 7.82. The lowest BCUT2D eigenvalue weighted by molar-refractivity contribution is 0.0846. The van der Waals surface area contributed by atoms with Gasteiger partial charge in [0, 0.05) is 14.2 Å². The van der Waals surface area contributed by atoms with Crippen LogP contribution in [0.25, 0.3) is 0 Å². The zero-order valence-electron chi connectivity index (χ0n) is 14.3. The van der Waals surface area contributed by atoms with Crippen molar-refractivity contribution in [1.29, 1.82) is 0 Å². The molecule has 0 aliphatic carbocycles. The SMILES string of the molecule is CCCOc1ccc(C(=O)NNC(=O)c2cc(Cl)ccc2I)cc1OC. The summed E-state index contributed by atoms with van der Waals surface area (Å²) in [5.74, 6) is 0.0704. The molecule has 0 spiro atoms. The smallest absolute Gasteiger partial charge is 0.270 e. The quantitative estimate of drug-likeness (QED) is 0.479. The van der Waals surface area contributed by atoms with E-state index >= 15 is 0 Å². The maximum atomic E-state index is 12.3. The summed E-state index contributed by atoms with van der Waals surface area (Å²) in [5.41, 5.74) is 5.45. The van der Waals surface area contributed by atoms with Gasteiger partial charge in [-0.05, 0) is 65.4 Å². The maximum Gasteiger partial charge on any atom is 0.270 e. The van der Waals surface area contributed by atoms with Gasteiger partial charge in [0.05, 0.1) is 19.3 Å². The predicted molar refractivity (Wildman–Crippen MR) is 108 cm³/mol. The number of nitrogens with one attached hydrogen (secondary N) is 2. The molecule has 2 aromatic carbocycles. The summed E-state index contributed by atoms with van der Waals surface area (Å²) in [6.45, 7) is 2.55. The number of carbonyl (C=O) groups excluding carboxylic acids is 2. The summed E-state index contributed by atoms with van der Waals surface area (Å²) in [7, 11) is 1.50. The monoisotopic (exact) mass is 488 g/mol. The number of halogens is 2. The normalized spacial score (nSPS) is 10.2. The molecule has 0 heterocycles. The lowest BCUT2D eigenvalue weighted by atomic mass is 10.2. The summed E-state index contributed by atoms with van der Waals surface area (Å²) in [4.78, 5) is 24.5. The fraction of sp³-hybridized carbons (Fsp3) is 0.222. The Morgan fingerprint density at radius 1 is 1.08 bits per heavy atom. The highest BCUT2D eigenvalue weighted by atomic mass is 127. The predicted octanol–water partition coefficient (Wildman–Crippen LogP) is 3.82. The van der Waals surface area contributed by atoms with Crippen molar-refractivity contribution in [2.24, 2.45) is 0 Å². The van der Waals surface area contributed by atoms with Crippen molar-refractivity contribution in [2.75, 3.05) is 13.7 Å². The molecule has 0 radical (unpaired) electrons. The zero-order chi connectivity index (χ0) is 19.1. The molecule has 2 N–H and O–H groups in total. The van der Waals surface area contributed by atoms with Crippen molar-refractivity contribution in [3.8, 4) is 11.5 Å². The van der Waals surface area contributed by atoms with Crippen LogP contribution in [0.5, 0.6) is 11.5 Å². The first kappa shape index (κ1) is 20.3. The van der Waals surface area contributed by atoms with Crippen LogP contribution in [0, 0.1) is 3.57 Å². The number of rotatable bonds is 6. The standard InChI is InChI=1S/C18H18ClIN2O4/c1-3-8-26-15-7-4-11(9-16(15)25-2)17(23)21-22-18(24)13-10-12(19)5-6-14(13)20/h4-7,9-10H,3,8H2,1-2H3,(H,21,23)(H,22,24). The van der Waals surface area contributed by atoms with E-state index in [1.165, 1.54) is 13.2 Å². The molecule has 2 aromatic rings. The van der Waals surface area contributed by atoms with Gasteiger partial charge in [-0.1, -0.05) is 18.5 Å². The lowest BCUT2D eigenvalue weighted by Gasteiger charge is -2.12. The van der Waals surface area contributed by atoms with Gasteiger partial charge in [0.2, 0.25) is 0 Å². The number of hydrogen-bond acceptors (Lipinski definition) is 4. The Labute approximate surface area is 170 Å². The van der Waals surface area contributed by atoms with Gasteiger partial charge in [-0.15, -0.1) is 0 Å². The molecule has 0 aliphatic rings. The molecule has 0 fully saturated rings. The first-order chi connectivity index (χ1) is 12.5. The second-order valence-electron chi connectivity index (χ2n) is 5.25. The van der Waals surface area contributed by atoms with Crippen LogP contribution in [-0.2, 0) is 0 Å². The number of carbonyl (C=O) groups is 2. The van der Waals surface area contributed by atoms with Gasteiger partial charge in [-0.3, -0.25) is 20.4 Å². The summed E-state index contributed by atoms with van der Waals surface area (Å²) in [6, 6.07) is 9.75. The van der Waals surface area contributed by atoms with E-state index in [9.17, 15) is 9.59 Å². The molecule has 26 heavy (non-hydrogen) atoms. The van der Waals surface area contributed by atoms with Gasteiger partial charge in [-0.2, -0.15) is 0 Å². The summed E-state index contributed by atoms with van der Waals surface area (Å²) in [6.07, 6.45) is 0.861. The van der Waals surface area contributed by atoms with Crippen LogP contribution >= 0.6 is 34.2 Å². The van der Waals surface area contributed by atoms with Crippen LogP contribution in [-0.4, -0.2) is 25.5 Å². The highest BCUT2D eigenvalue weighted by molar-refractivity contribution is 14.1. The van der Waals surface area contributed by atoms with Crippen molar-refractivity contribution in [2.45, 2.75) is 13.3 Å². The number of benzene rings is 2. The molecule has 0 saturated heterocycles. The van der Waals surface area contributed by atoms with Crippen molar-refractivity contribution < 1.29 is 19.1 Å². The zero-order valence-corrected chi connectivity index (χ0v) is 17.2. The molecular formula is C18H18ClIN2O4. The molecular weight excluding hydrogens is 471 g/mol. The molecule has 0 bridgehead atoms. The largest absolute Gasteiger partial charge is 0.493 e. The number of hydrazine groups is 1. The van der Waals surface area contributed by atoms with Gasteiger partial charge < -0.3 is 9.47 Å². The Morgan fingerprint density at radius 3 is 2.50 bits per heavy atom. The Balaban J connectivity index is 2.05. The van der Waals surface area contributed by atoms with Crippen LogP contribution in [0.15, 0.2) is 36.4 Å². The minimum atomic E-state index is -0.476. The Hall–Kier alpha value is -2.00. The number of amides is 2. The molecule has 0 atom stereocenters. The van der Waals surface area contributed by atoms with Gasteiger partial charge >= 0.3 is 0 Å². The summed E-state index contributed by atoms with van der Waals surface area (Å²) < 4.78 is 11.5. The molecule has 0 saturated carbocycles. The topological polar surface area (TPSA) is 76.7 Å². The molecule has 0 unspecified atom stereocenters. The third kappa shape index (κ3) is 5.25. The fourth-order valence-electron chi connectivity index (χ4n) is 2.06. The average Bonchev–Trinajstić information content (AvgIpc) is 2.65. The first-order valence-corrected chi connectivity index (χ1v) is 9.28. The van der Waals surface area contributed by atoms with E-state index in [1.54, 1.807) is 30.3 Å². The van der Waals surface area contributed by atoms with Crippen molar-refractivity contribution in [1.82, 2.24) is 10.9 Å². The van der Waals surface area contributed by atoms with E-state index in [1.807, 2.05) is 29.5 Å². The number of hydrogen-bond donors (Lipinski definition) is 2. The van der Waals surface area contributed by atoms with Gasteiger partial charge in [0.1, 0.15) is 0 Å². The second-order valence-corrected chi connectivity index (χ2v) is 6.85. The van der Waals surface area contributed by atoms with E-state index in [0.29, 0.717) is 34.3 Å². The van der Waals surface area contributed by atoms with E-state index in [4.69, 9.17) is 21.1 Å². The molecule has 0 aliphatic heterocycles. The molecule has 2 amide bonds. The maximum absolute atomic E-state index is 12.3. The highest BCUT2D eigenvalue weighted by Crippen LogP contribution is 2.28. The van der Waals surface area contributed by atoms with E-state index < -0.39 is 11.8 Å². The van der Waals surface area contributed by atoms with Crippen LogP contribution in [0.2, 0.25) is 5.02 Å². The summed E-state index contributed by atoms with van der Waals surface area (Å²) in [5, 5.41) is 0.439. The Bertz CT molecular complexity index is 814. The third-order valence-electron chi connectivity index (χ3n) is 3.35. The highest BCUT2D eigenvalue weighted by Gasteiger charge is 2.14. The minimum Gasteiger partial charge on any atom is -0.493 e. The molecule has 6 nitrogen and oxygen atoms in total. The van der Waals surface area contributed by atoms with E-state index in [0.717, 1.165) is 9.99 Å². The van der Waals surface area contributed by atoms with Crippen LogP contribution in [0.3, 0.4) is 0 Å². The lowest BCUT2D eigenvalue weighted by Crippen LogP contribution is -2.41. The van der Waals surface area contributed by atoms with Gasteiger partial charge in [0.15, 0.2) is 11.5 Å². The molecule has 138 valence electrons.